The lowest BCUT2D eigenvalue weighted by molar-refractivity contribution is 0.0696. The van der Waals surface area contributed by atoms with Crippen molar-refractivity contribution < 1.29 is 9.21 Å². The van der Waals surface area contributed by atoms with Crippen LogP contribution in [-0.2, 0) is 0 Å². The number of amides is 1. The number of nitrogens with zero attached hydrogens (tertiary/aromatic N) is 1. The topological polar surface area (TPSA) is 45.5 Å². The number of carbonyl (C=O) groups excluding carboxylic acids is 1. The zero-order chi connectivity index (χ0) is 11.7. The van der Waals surface area contributed by atoms with Gasteiger partial charge in [0.2, 0.25) is 0 Å². The van der Waals surface area contributed by atoms with Crippen molar-refractivity contribution in [2.24, 2.45) is 0 Å². The van der Waals surface area contributed by atoms with Gasteiger partial charge in [0.15, 0.2) is 5.76 Å². The molecule has 0 aromatic carbocycles. The van der Waals surface area contributed by atoms with E-state index in [-0.39, 0.29) is 5.91 Å². The average Bonchev–Trinajstić information content (AvgIpc) is 2.86. The Morgan fingerprint density at radius 1 is 1.47 bits per heavy atom. The van der Waals surface area contributed by atoms with E-state index in [1.165, 1.54) is 12.8 Å². The van der Waals surface area contributed by atoms with Crippen molar-refractivity contribution in [3.05, 3.63) is 24.2 Å². The van der Waals surface area contributed by atoms with Gasteiger partial charge in [-0.15, -0.1) is 0 Å². The highest BCUT2D eigenvalue weighted by Gasteiger charge is 2.35. The molecule has 0 spiro atoms. The third-order valence-electron chi connectivity index (χ3n) is 3.56. The van der Waals surface area contributed by atoms with Crippen LogP contribution < -0.4 is 5.32 Å². The molecule has 4 heteroatoms. The lowest BCUT2D eigenvalue weighted by Gasteiger charge is -2.24. The molecule has 0 bridgehead atoms. The molecule has 92 valence electrons. The van der Waals surface area contributed by atoms with Crippen LogP contribution in [0.4, 0.5) is 0 Å². The summed E-state index contributed by atoms with van der Waals surface area (Å²) in [6.07, 6.45) is 6.23. The maximum absolute atomic E-state index is 12.3. The Kier molecular flexibility index (Phi) is 2.89. The number of furan rings is 1. The summed E-state index contributed by atoms with van der Waals surface area (Å²) in [4.78, 5) is 14.3. The Balaban J connectivity index is 1.69. The second-order valence-electron chi connectivity index (χ2n) is 4.96. The first-order valence-electron chi connectivity index (χ1n) is 6.42. The van der Waals surface area contributed by atoms with Crippen LogP contribution in [0.5, 0.6) is 0 Å². The third-order valence-corrected chi connectivity index (χ3v) is 3.56. The van der Waals surface area contributed by atoms with E-state index in [0.29, 0.717) is 17.8 Å². The summed E-state index contributed by atoms with van der Waals surface area (Å²) in [7, 11) is 0. The lowest BCUT2D eigenvalue weighted by atomic mass is 10.2. The molecule has 2 fully saturated rings. The van der Waals surface area contributed by atoms with Crippen molar-refractivity contribution in [1.29, 1.82) is 0 Å². The first kappa shape index (κ1) is 10.8. The normalized spacial score (nSPS) is 23.9. The fourth-order valence-corrected chi connectivity index (χ4v) is 2.48. The van der Waals surface area contributed by atoms with E-state index >= 15 is 0 Å². The molecule has 3 rings (SSSR count). The van der Waals surface area contributed by atoms with Crippen LogP contribution in [0, 0.1) is 0 Å². The molecular formula is C13H18N2O2. The van der Waals surface area contributed by atoms with Crippen molar-refractivity contribution in [3.63, 3.8) is 0 Å². The van der Waals surface area contributed by atoms with E-state index in [9.17, 15) is 4.79 Å². The highest BCUT2D eigenvalue weighted by molar-refractivity contribution is 5.91. The van der Waals surface area contributed by atoms with Crippen molar-refractivity contribution in [1.82, 2.24) is 10.2 Å². The van der Waals surface area contributed by atoms with Crippen LogP contribution in [0.15, 0.2) is 22.8 Å². The molecule has 1 aromatic heterocycles. The Morgan fingerprint density at radius 3 is 2.94 bits per heavy atom. The Hall–Kier alpha value is -1.29. The predicted octanol–water partition coefficient (Wildman–Crippen LogP) is 1.64. The molecule has 1 aliphatic heterocycles. The van der Waals surface area contributed by atoms with Gasteiger partial charge in [-0.1, -0.05) is 0 Å². The monoisotopic (exact) mass is 234 g/mol. The van der Waals surface area contributed by atoms with Crippen molar-refractivity contribution in [2.45, 2.75) is 37.8 Å². The quantitative estimate of drug-likeness (QED) is 0.861. The van der Waals surface area contributed by atoms with E-state index in [0.717, 1.165) is 25.9 Å². The maximum atomic E-state index is 12.3. The van der Waals surface area contributed by atoms with Crippen molar-refractivity contribution in [3.8, 4) is 0 Å². The van der Waals surface area contributed by atoms with E-state index in [2.05, 4.69) is 5.32 Å². The molecule has 1 saturated carbocycles. The smallest absolute Gasteiger partial charge is 0.289 e. The molecule has 1 aliphatic carbocycles. The fourth-order valence-electron chi connectivity index (χ4n) is 2.48. The van der Waals surface area contributed by atoms with Crippen LogP contribution in [0.1, 0.15) is 36.2 Å². The van der Waals surface area contributed by atoms with Gasteiger partial charge in [-0.25, -0.2) is 0 Å². The highest BCUT2D eigenvalue weighted by atomic mass is 16.3. The van der Waals surface area contributed by atoms with Crippen molar-refractivity contribution >= 4 is 5.91 Å². The third kappa shape index (κ3) is 2.36. The van der Waals surface area contributed by atoms with Gasteiger partial charge in [0.25, 0.3) is 5.91 Å². The Bertz CT molecular complexity index is 378. The van der Waals surface area contributed by atoms with E-state index in [4.69, 9.17) is 4.42 Å². The second-order valence-corrected chi connectivity index (χ2v) is 4.96. The molecule has 2 aliphatic rings. The average molecular weight is 234 g/mol. The van der Waals surface area contributed by atoms with Gasteiger partial charge in [0, 0.05) is 18.6 Å². The second kappa shape index (κ2) is 4.53. The Morgan fingerprint density at radius 2 is 2.35 bits per heavy atom. The standard InChI is InChI=1S/C13H18N2O2/c16-13(12-4-2-8-17-12)15(11-5-6-11)9-10-3-1-7-14-10/h2,4,8,10-11,14H,1,3,5-7,9H2/t10-/m1/s1. The summed E-state index contributed by atoms with van der Waals surface area (Å²) in [6.45, 7) is 1.91. The Labute approximate surface area is 101 Å². The molecule has 4 nitrogen and oxygen atoms in total. The van der Waals surface area contributed by atoms with Gasteiger partial charge < -0.3 is 14.6 Å². The zero-order valence-corrected chi connectivity index (χ0v) is 9.89. The molecule has 1 N–H and O–H groups in total. The minimum atomic E-state index is 0.0474. The van der Waals surface area contributed by atoms with E-state index in [1.807, 2.05) is 4.90 Å². The fraction of sp³-hybridized carbons (Fsp3) is 0.615. The van der Waals surface area contributed by atoms with E-state index in [1.54, 1.807) is 18.4 Å². The van der Waals surface area contributed by atoms with Gasteiger partial charge in [-0.2, -0.15) is 0 Å². The minimum absolute atomic E-state index is 0.0474. The van der Waals surface area contributed by atoms with Crippen LogP contribution in [0.2, 0.25) is 0 Å². The summed E-state index contributed by atoms with van der Waals surface area (Å²) in [5, 5.41) is 3.45. The lowest BCUT2D eigenvalue weighted by Crippen LogP contribution is -2.42. The summed E-state index contributed by atoms with van der Waals surface area (Å²) in [5.74, 6) is 0.515. The van der Waals surface area contributed by atoms with Gasteiger partial charge in [-0.05, 0) is 44.4 Å². The number of rotatable bonds is 4. The SMILES string of the molecule is O=C(c1ccco1)N(C[C@H]1CCCN1)C1CC1. The van der Waals surface area contributed by atoms with Gasteiger partial charge >= 0.3 is 0 Å². The number of hydrogen-bond acceptors (Lipinski definition) is 3. The van der Waals surface area contributed by atoms with Crippen LogP contribution >= 0.6 is 0 Å². The summed E-state index contributed by atoms with van der Waals surface area (Å²) in [5.41, 5.74) is 0. The zero-order valence-electron chi connectivity index (χ0n) is 9.89. The molecule has 0 radical (unpaired) electrons. The van der Waals surface area contributed by atoms with Crippen LogP contribution in [-0.4, -0.2) is 36.0 Å². The molecule has 1 aromatic rings. The summed E-state index contributed by atoms with van der Waals surface area (Å²) in [6, 6.07) is 4.43. The summed E-state index contributed by atoms with van der Waals surface area (Å²) < 4.78 is 5.21. The molecule has 1 atom stereocenters. The molecule has 1 amide bonds. The predicted molar refractivity (Wildman–Crippen MR) is 63.8 cm³/mol. The largest absolute Gasteiger partial charge is 0.459 e. The molecular weight excluding hydrogens is 216 g/mol. The van der Waals surface area contributed by atoms with Crippen LogP contribution in [0.25, 0.3) is 0 Å². The number of carbonyl (C=O) groups is 1. The van der Waals surface area contributed by atoms with Gasteiger partial charge in [0.1, 0.15) is 0 Å². The van der Waals surface area contributed by atoms with Crippen molar-refractivity contribution in [2.75, 3.05) is 13.1 Å². The first-order chi connectivity index (χ1) is 8.34. The molecule has 2 heterocycles. The maximum Gasteiger partial charge on any atom is 0.289 e. The molecule has 0 unspecified atom stereocenters. The van der Waals surface area contributed by atoms with Gasteiger partial charge in [-0.3, -0.25) is 4.79 Å². The molecule has 17 heavy (non-hydrogen) atoms. The number of hydrogen-bond donors (Lipinski definition) is 1. The highest BCUT2D eigenvalue weighted by Crippen LogP contribution is 2.29. The summed E-state index contributed by atoms with van der Waals surface area (Å²) >= 11 is 0. The van der Waals surface area contributed by atoms with Gasteiger partial charge in [0.05, 0.1) is 6.26 Å². The first-order valence-corrected chi connectivity index (χ1v) is 6.42. The number of nitrogens with one attached hydrogen (secondary N) is 1. The van der Waals surface area contributed by atoms with E-state index < -0.39 is 0 Å². The minimum Gasteiger partial charge on any atom is -0.459 e. The molecule has 1 saturated heterocycles. The van der Waals surface area contributed by atoms with Crippen LogP contribution in [0.3, 0.4) is 0 Å².